The predicted molar refractivity (Wildman–Crippen MR) is 61.0 cm³/mol. The van der Waals surface area contributed by atoms with Crippen LogP contribution in [-0.2, 0) is 0 Å². The van der Waals surface area contributed by atoms with Crippen LogP contribution in [0.25, 0.3) is 0 Å². The molecule has 90 valence electrons. The van der Waals surface area contributed by atoms with Gasteiger partial charge in [0.1, 0.15) is 0 Å². The third-order valence-corrected chi connectivity index (χ3v) is 3.28. The summed E-state index contributed by atoms with van der Waals surface area (Å²) in [6.07, 6.45) is 1.93. The first-order chi connectivity index (χ1) is 8.24. The number of carbonyl (C=O) groups is 1. The molecular weight excluding hydrogens is 220 g/mol. The van der Waals surface area contributed by atoms with Crippen molar-refractivity contribution in [1.82, 2.24) is 5.32 Å². The number of nitrogens with one attached hydrogen (secondary N) is 1. The molecule has 1 fully saturated rings. The molecule has 1 aromatic rings. The highest BCUT2D eigenvalue weighted by Gasteiger charge is 2.29. The number of nitrogens with two attached hydrogens (primary N) is 1. The second kappa shape index (κ2) is 3.92. The molecule has 1 amide bonds. The van der Waals surface area contributed by atoms with Gasteiger partial charge in [-0.1, -0.05) is 0 Å². The molecule has 0 saturated heterocycles. The van der Waals surface area contributed by atoms with Gasteiger partial charge in [0.15, 0.2) is 11.5 Å². The lowest BCUT2D eigenvalue weighted by Gasteiger charge is -2.34. The fourth-order valence-electron chi connectivity index (χ4n) is 1.99. The summed E-state index contributed by atoms with van der Waals surface area (Å²) in [5, 5.41) is 2.91. The number of benzene rings is 1. The molecule has 0 unspecified atom stereocenters. The number of ether oxygens (including phenoxy) is 2. The first-order valence-corrected chi connectivity index (χ1v) is 5.70. The van der Waals surface area contributed by atoms with Gasteiger partial charge in [-0.2, -0.15) is 0 Å². The fraction of sp³-hybridized carbons (Fsp3) is 0.417. The molecule has 1 aliphatic carbocycles. The van der Waals surface area contributed by atoms with Gasteiger partial charge in [0.2, 0.25) is 6.79 Å². The van der Waals surface area contributed by atoms with Crippen LogP contribution in [0, 0.1) is 0 Å². The largest absolute Gasteiger partial charge is 0.454 e. The van der Waals surface area contributed by atoms with Crippen molar-refractivity contribution in [2.24, 2.45) is 5.73 Å². The summed E-state index contributed by atoms with van der Waals surface area (Å²) in [5.41, 5.74) is 6.36. The molecular formula is C12H14N2O3. The summed E-state index contributed by atoms with van der Waals surface area (Å²) in [6, 6.07) is 5.37. The Hall–Kier alpha value is -1.75. The van der Waals surface area contributed by atoms with Gasteiger partial charge in [-0.05, 0) is 31.0 Å². The lowest BCUT2D eigenvalue weighted by Crippen LogP contribution is -2.54. The van der Waals surface area contributed by atoms with Crippen molar-refractivity contribution < 1.29 is 14.3 Å². The maximum atomic E-state index is 11.9. The Labute approximate surface area is 98.9 Å². The van der Waals surface area contributed by atoms with Gasteiger partial charge in [-0.3, -0.25) is 4.79 Å². The van der Waals surface area contributed by atoms with E-state index >= 15 is 0 Å². The zero-order valence-corrected chi connectivity index (χ0v) is 9.31. The number of fused-ring (bicyclic) bond motifs is 1. The van der Waals surface area contributed by atoms with Gasteiger partial charge in [-0.15, -0.1) is 0 Å². The smallest absolute Gasteiger partial charge is 0.251 e. The molecule has 5 heteroatoms. The normalized spacial score (nSPS) is 25.2. The standard InChI is InChI=1S/C12H14N2O3/c13-8-2-3-9(8)14-12(15)7-1-4-10-11(5-7)17-6-16-10/h1,4-5,8-9H,2-3,6,13H2,(H,14,15)/t8-,9+/m1/s1. The van der Waals surface area contributed by atoms with Crippen molar-refractivity contribution in [2.75, 3.05) is 6.79 Å². The highest BCUT2D eigenvalue weighted by molar-refractivity contribution is 5.95. The lowest BCUT2D eigenvalue weighted by atomic mass is 9.87. The van der Waals surface area contributed by atoms with E-state index in [0.717, 1.165) is 12.8 Å². The molecule has 1 aromatic carbocycles. The van der Waals surface area contributed by atoms with Crippen molar-refractivity contribution in [2.45, 2.75) is 24.9 Å². The number of hydrogen-bond acceptors (Lipinski definition) is 4. The Balaban J connectivity index is 1.73. The molecule has 1 saturated carbocycles. The van der Waals surface area contributed by atoms with Crippen LogP contribution in [-0.4, -0.2) is 24.8 Å². The van der Waals surface area contributed by atoms with Gasteiger partial charge in [0, 0.05) is 17.6 Å². The van der Waals surface area contributed by atoms with Crippen LogP contribution in [0.3, 0.4) is 0 Å². The van der Waals surface area contributed by atoms with Crippen LogP contribution in [0.2, 0.25) is 0 Å². The average Bonchev–Trinajstić information content (AvgIpc) is 2.80. The minimum atomic E-state index is -0.108. The van der Waals surface area contributed by atoms with Crippen molar-refractivity contribution >= 4 is 5.91 Å². The highest BCUT2D eigenvalue weighted by atomic mass is 16.7. The second-order valence-corrected chi connectivity index (χ2v) is 4.39. The quantitative estimate of drug-likeness (QED) is 0.787. The lowest BCUT2D eigenvalue weighted by molar-refractivity contribution is 0.0905. The molecule has 1 aliphatic heterocycles. The Bertz CT molecular complexity index is 461. The van der Waals surface area contributed by atoms with E-state index in [-0.39, 0.29) is 24.8 Å². The van der Waals surface area contributed by atoms with Crippen molar-refractivity contribution in [3.8, 4) is 11.5 Å². The second-order valence-electron chi connectivity index (χ2n) is 4.39. The third-order valence-electron chi connectivity index (χ3n) is 3.28. The first-order valence-electron chi connectivity index (χ1n) is 5.70. The number of hydrogen-bond donors (Lipinski definition) is 2. The SMILES string of the molecule is N[C@@H]1CC[C@@H]1NC(=O)c1ccc2c(c1)OCO2. The minimum absolute atomic E-state index is 0.0907. The summed E-state index contributed by atoms with van der Waals surface area (Å²) in [6.45, 7) is 0.216. The van der Waals surface area contributed by atoms with E-state index in [4.69, 9.17) is 15.2 Å². The molecule has 2 atom stereocenters. The van der Waals surface area contributed by atoms with Crippen LogP contribution in [0.4, 0.5) is 0 Å². The zero-order valence-electron chi connectivity index (χ0n) is 9.31. The Morgan fingerprint density at radius 1 is 1.29 bits per heavy atom. The zero-order chi connectivity index (χ0) is 11.8. The molecule has 3 N–H and O–H groups in total. The molecule has 0 aromatic heterocycles. The monoisotopic (exact) mass is 234 g/mol. The molecule has 0 radical (unpaired) electrons. The van der Waals surface area contributed by atoms with E-state index in [1.807, 2.05) is 0 Å². The van der Waals surface area contributed by atoms with Crippen molar-refractivity contribution in [3.05, 3.63) is 23.8 Å². The van der Waals surface area contributed by atoms with Gasteiger partial charge in [-0.25, -0.2) is 0 Å². The summed E-state index contributed by atoms with van der Waals surface area (Å²) in [5.74, 6) is 1.20. The van der Waals surface area contributed by atoms with E-state index in [1.165, 1.54) is 0 Å². The number of amides is 1. The Morgan fingerprint density at radius 2 is 2.12 bits per heavy atom. The van der Waals surface area contributed by atoms with Crippen LogP contribution in [0.1, 0.15) is 23.2 Å². The predicted octanol–water partition coefficient (Wildman–Crippen LogP) is 0.635. The fourth-order valence-corrected chi connectivity index (χ4v) is 1.99. The number of carbonyl (C=O) groups excluding carboxylic acids is 1. The van der Waals surface area contributed by atoms with Crippen LogP contribution in [0.5, 0.6) is 11.5 Å². The molecule has 2 aliphatic rings. The van der Waals surface area contributed by atoms with Crippen molar-refractivity contribution in [3.63, 3.8) is 0 Å². The molecule has 1 heterocycles. The maximum Gasteiger partial charge on any atom is 0.251 e. The van der Waals surface area contributed by atoms with Gasteiger partial charge >= 0.3 is 0 Å². The maximum absolute atomic E-state index is 11.9. The van der Waals surface area contributed by atoms with E-state index in [1.54, 1.807) is 18.2 Å². The molecule has 5 nitrogen and oxygen atoms in total. The number of rotatable bonds is 2. The Kier molecular flexibility index (Phi) is 2.40. The molecule has 0 spiro atoms. The van der Waals surface area contributed by atoms with Crippen LogP contribution < -0.4 is 20.5 Å². The van der Waals surface area contributed by atoms with E-state index < -0.39 is 0 Å². The summed E-state index contributed by atoms with van der Waals surface area (Å²) < 4.78 is 10.4. The van der Waals surface area contributed by atoms with E-state index in [0.29, 0.717) is 17.1 Å². The van der Waals surface area contributed by atoms with Gasteiger partial charge in [0.05, 0.1) is 0 Å². The average molecular weight is 234 g/mol. The first kappa shape index (κ1) is 10.4. The van der Waals surface area contributed by atoms with Crippen molar-refractivity contribution in [1.29, 1.82) is 0 Å². The molecule has 3 rings (SSSR count). The topological polar surface area (TPSA) is 73.6 Å². The van der Waals surface area contributed by atoms with E-state index in [9.17, 15) is 4.79 Å². The summed E-state index contributed by atoms with van der Waals surface area (Å²) in [7, 11) is 0. The highest BCUT2D eigenvalue weighted by Crippen LogP contribution is 2.32. The third kappa shape index (κ3) is 1.82. The molecule has 0 bridgehead atoms. The van der Waals surface area contributed by atoms with Crippen LogP contribution >= 0.6 is 0 Å². The van der Waals surface area contributed by atoms with E-state index in [2.05, 4.69) is 5.32 Å². The van der Waals surface area contributed by atoms with Gasteiger partial charge < -0.3 is 20.5 Å². The summed E-state index contributed by atoms with van der Waals surface area (Å²) in [4.78, 5) is 11.9. The minimum Gasteiger partial charge on any atom is -0.454 e. The summed E-state index contributed by atoms with van der Waals surface area (Å²) >= 11 is 0. The van der Waals surface area contributed by atoms with Crippen LogP contribution in [0.15, 0.2) is 18.2 Å². The molecule has 17 heavy (non-hydrogen) atoms. The van der Waals surface area contributed by atoms with Gasteiger partial charge in [0.25, 0.3) is 5.91 Å². The Morgan fingerprint density at radius 3 is 2.82 bits per heavy atom.